The summed E-state index contributed by atoms with van der Waals surface area (Å²) >= 11 is 0. The Morgan fingerprint density at radius 2 is 2.11 bits per heavy atom. The third kappa shape index (κ3) is 2.78. The summed E-state index contributed by atoms with van der Waals surface area (Å²) in [6.45, 7) is 6.28. The zero-order chi connectivity index (χ0) is 14.0. The van der Waals surface area contributed by atoms with E-state index in [4.69, 9.17) is 5.73 Å². The van der Waals surface area contributed by atoms with E-state index in [9.17, 15) is 4.39 Å². The maximum atomic E-state index is 13.8. The quantitative estimate of drug-likeness (QED) is 0.898. The molecule has 2 N–H and O–H groups in total. The van der Waals surface area contributed by atoms with E-state index in [-0.39, 0.29) is 17.9 Å². The van der Waals surface area contributed by atoms with Crippen molar-refractivity contribution in [1.29, 1.82) is 0 Å². The summed E-state index contributed by atoms with van der Waals surface area (Å²) in [6, 6.07) is 5.43. The Morgan fingerprint density at radius 1 is 1.37 bits per heavy atom. The van der Waals surface area contributed by atoms with Gasteiger partial charge in [0.1, 0.15) is 11.3 Å². The van der Waals surface area contributed by atoms with Gasteiger partial charge in [-0.05, 0) is 32.4 Å². The summed E-state index contributed by atoms with van der Waals surface area (Å²) in [4.78, 5) is 4.46. The summed E-state index contributed by atoms with van der Waals surface area (Å²) in [5.74, 6) is 0.623. The highest BCUT2D eigenvalue weighted by molar-refractivity contribution is 5.76. The van der Waals surface area contributed by atoms with E-state index in [0.717, 1.165) is 24.2 Å². The zero-order valence-electron chi connectivity index (χ0n) is 11.9. The first-order chi connectivity index (χ1) is 9.04. The predicted octanol–water partition coefficient (Wildman–Crippen LogP) is 3.43. The van der Waals surface area contributed by atoms with Gasteiger partial charge in [0.25, 0.3) is 0 Å². The average Bonchev–Trinajstić information content (AvgIpc) is 2.68. The van der Waals surface area contributed by atoms with Gasteiger partial charge in [-0.1, -0.05) is 19.4 Å². The molecule has 0 spiro atoms. The number of imidazole rings is 1. The van der Waals surface area contributed by atoms with Crippen LogP contribution in [0.3, 0.4) is 0 Å². The number of rotatable bonds is 5. The minimum Gasteiger partial charge on any atom is -0.327 e. The Balaban J connectivity index is 2.47. The van der Waals surface area contributed by atoms with Crippen LogP contribution in [-0.4, -0.2) is 15.6 Å². The molecule has 0 saturated heterocycles. The van der Waals surface area contributed by atoms with Crippen LogP contribution in [0.15, 0.2) is 18.2 Å². The molecule has 2 rings (SSSR count). The van der Waals surface area contributed by atoms with Crippen molar-refractivity contribution in [2.45, 2.75) is 52.1 Å². The number of halogens is 1. The second kappa shape index (κ2) is 5.70. The van der Waals surface area contributed by atoms with Crippen LogP contribution in [-0.2, 0) is 6.42 Å². The molecule has 3 nitrogen and oxygen atoms in total. The highest BCUT2D eigenvalue weighted by Gasteiger charge is 2.17. The van der Waals surface area contributed by atoms with E-state index >= 15 is 0 Å². The number of para-hydroxylation sites is 1. The van der Waals surface area contributed by atoms with E-state index in [1.807, 2.05) is 6.07 Å². The van der Waals surface area contributed by atoms with E-state index in [1.54, 1.807) is 6.07 Å². The summed E-state index contributed by atoms with van der Waals surface area (Å²) in [5.41, 5.74) is 7.41. The number of hydrogen-bond donors (Lipinski definition) is 1. The number of fused-ring (bicyclic) bond motifs is 1. The maximum Gasteiger partial charge on any atom is 0.151 e. The predicted molar refractivity (Wildman–Crippen MR) is 76.7 cm³/mol. The highest BCUT2D eigenvalue weighted by atomic mass is 19.1. The fraction of sp³-hybridized carbons (Fsp3) is 0.533. The fourth-order valence-electron chi connectivity index (χ4n) is 2.56. The molecule has 1 aromatic carbocycles. The topological polar surface area (TPSA) is 43.8 Å². The molecular weight excluding hydrogens is 241 g/mol. The normalized spacial score (nSPS) is 13.4. The molecule has 0 radical (unpaired) electrons. The van der Waals surface area contributed by atoms with Gasteiger partial charge in [-0.2, -0.15) is 0 Å². The second-order valence-electron chi connectivity index (χ2n) is 5.35. The Kier molecular flexibility index (Phi) is 4.20. The van der Waals surface area contributed by atoms with Crippen LogP contribution >= 0.6 is 0 Å². The van der Waals surface area contributed by atoms with Crippen LogP contribution in [0.1, 0.15) is 45.5 Å². The number of aromatic nitrogens is 2. The van der Waals surface area contributed by atoms with Crippen molar-refractivity contribution in [3.8, 4) is 0 Å². The lowest BCUT2D eigenvalue weighted by atomic mass is 10.1. The van der Waals surface area contributed by atoms with Crippen LogP contribution in [0, 0.1) is 5.82 Å². The number of hydrogen-bond acceptors (Lipinski definition) is 2. The summed E-state index contributed by atoms with van der Waals surface area (Å²) in [6.07, 6.45) is 2.71. The monoisotopic (exact) mass is 263 g/mol. The van der Waals surface area contributed by atoms with Gasteiger partial charge >= 0.3 is 0 Å². The number of nitrogens with zero attached hydrogens (tertiary/aromatic N) is 2. The van der Waals surface area contributed by atoms with Crippen LogP contribution in [0.5, 0.6) is 0 Å². The molecule has 0 aliphatic carbocycles. The minimum absolute atomic E-state index is 0.0855. The van der Waals surface area contributed by atoms with Crippen LogP contribution in [0.25, 0.3) is 11.0 Å². The van der Waals surface area contributed by atoms with E-state index < -0.39 is 0 Å². The number of benzene rings is 1. The molecule has 0 aliphatic rings. The lowest BCUT2D eigenvalue weighted by molar-refractivity contribution is 0.533. The molecule has 1 atom stereocenters. The van der Waals surface area contributed by atoms with Crippen molar-refractivity contribution in [3.63, 3.8) is 0 Å². The summed E-state index contributed by atoms with van der Waals surface area (Å²) < 4.78 is 15.9. The Hall–Kier alpha value is -1.42. The first-order valence-electron chi connectivity index (χ1n) is 6.95. The van der Waals surface area contributed by atoms with Crippen molar-refractivity contribution in [3.05, 3.63) is 29.8 Å². The van der Waals surface area contributed by atoms with Gasteiger partial charge in [0.2, 0.25) is 0 Å². The maximum absolute atomic E-state index is 13.8. The van der Waals surface area contributed by atoms with E-state index in [0.29, 0.717) is 11.9 Å². The molecule has 19 heavy (non-hydrogen) atoms. The third-order valence-corrected chi connectivity index (χ3v) is 3.36. The molecule has 0 fully saturated rings. The van der Waals surface area contributed by atoms with Crippen LogP contribution in [0.2, 0.25) is 0 Å². The smallest absolute Gasteiger partial charge is 0.151 e. The lowest BCUT2D eigenvalue weighted by Gasteiger charge is -2.15. The third-order valence-electron chi connectivity index (χ3n) is 3.36. The van der Waals surface area contributed by atoms with Crippen molar-refractivity contribution < 1.29 is 4.39 Å². The molecule has 4 heteroatoms. The van der Waals surface area contributed by atoms with Crippen LogP contribution < -0.4 is 5.73 Å². The zero-order valence-corrected chi connectivity index (χ0v) is 11.9. The SMILES string of the molecule is CCCC(N)Cc1nc2c(F)cccc2n1C(C)C. The molecule has 0 saturated carbocycles. The molecule has 0 bridgehead atoms. The van der Waals surface area contributed by atoms with Gasteiger partial charge in [0, 0.05) is 18.5 Å². The molecule has 0 aliphatic heterocycles. The minimum atomic E-state index is -0.262. The molecular formula is C15H22FN3. The van der Waals surface area contributed by atoms with Crippen molar-refractivity contribution >= 4 is 11.0 Å². The lowest BCUT2D eigenvalue weighted by Crippen LogP contribution is -2.24. The largest absolute Gasteiger partial charge is 0.327 e. The van der Waals surface area contributed by atoms with Crippen molar-refractivity contribution in [2.24, 2.45) is 5.73 Å². The molecule has 2 aromatic rings. The first-order valence-corrected chi connectivity index (χ1v) is 6.95. The van der Waals surface area contributed by atoms with Gasteiger partial charge in [-0.3, -0.25) is 0 Å². The van der Waals surface area contributed by atoms with Gasteiger partial charge in [-0.15, -0.1) is 0 Å². The Labute approximate surface area is 113 Å². The van der Waals surface area contributed by atoms with E-state index in [1.165, 1.54) is 6.07 Å². The second-order valence-corrected chi connectivity index (χ2v) is 5.35. The molecule has 1 heterocycles. The van der Waals surface area contributed by atoms with Crippen LogP contribution in [0.4, 0.5) is 4.39 Å². The summed E-state index contributed by atoms with van der Waals surface area (Å²) in [7, 11) is 0. The first kappa shape index (κ1) is 14.0. The van der Waals surface area contributed by atoms with E-state index in [2.05, 4.69) is 30.3 Å². The van der Waals surface area contributed by atoms with Crippen molar-refractivity contribution in [2.75, 3.05) is 0 Å². The average molecular weight is 263 g/mol. The number of nitrogens with two attached hydrogens (primary N) is 1. The Bertz CT molecular complexity index is 560. The molecule has 0 amide bonds. The van der Waals surface area contributed by atoms with Crippen molar-refractivity contribution in [1.82, 2.24) is 9.55 Å². The Morgan fingerprint density at radius 3 is 2.74 bits per heavy atom. The highest BCUT2D eigenvalue weighted by Crippen LogP contribution is 2.24. The molecule has 1 unspecified atom stereocenters. The van der Waals surface area contributed by atoms with Gasteiger partial charge in [-0.25, -0.2) is 9.37 Å². The molecule has 1 aromatic heterocycles. The summed E-state index contributed by atoms with van der Waals surface area (Å²) in [5, 5.41) is 0. The standard InChI is InChI=1S/C15H22FN3/c1-4-6-11(17)9-14-18-15-12(16)7-5-8-13(15)19(14)10(2)3/h5,7-8,10-11H,4,6,9,17H2,1-3H3. The van der Waals surface area contributed by atoms with Gasteiger partial charge in [0.05, 0.1) is 5.52 Å². The van der Waals surface area contributed by atoms with Gasteiger partial charge < -0.3 is 10.3 Å². The van der Waals surface area contributed by atoms with Gasteiger partial charge in [0.15, 0.2) is 5.82 Å². The molecule has 104 valence electrons. The fourth-order valence-corrected chi connectivity index (χ4v) is 2.56.